The van der Waals surface area contributed by atoms with Crippen LogP contribution in [0.5, 0.6) is 0 Å². The van der Waals surface area contributed by atoms with Gasteiger partial charge in [-0.25, -0.2) is 9.78 Å². The van der Waals surface area contributed by atoms with E-state index in [2.05, 4.69) is 20.2 Å². The van der Waals surface area contributed by atoms with Crippen molar-refractivity contribution in [3.8, 4) is 0 Å². The Kier molecular flexibility index (Phi) is 4.01. The number of carbonyl (C=O) groups is 1. The van der Waals surface area contributed by atoms with E-state index in [-0.39, 0.29) is 0 Å². The fraction of sp³-hybridized carbons (Fsp3) is 0.263. The molecule has 1 aromatic heterocycles. The number of hydrogen-bond donors (Lipinski definition) is 3. The van der Waals surface area contributed by atoms with Gasteiger partial charge in [0.05, 0.1) is 16.6 Å². The molecule has 1 aliphatic heterocycles. The van der Waals surface area contributed by atoms with Gasteiger partial charge in [-0.1, -0.05) is 12.1 Å². The van der Waals surface area contributed by atoms with Gasteiger partial charge in [0.15, 0.2) is 0 Å². The first-order valence-corrected chi connectivity index (χ1v) is 8.48. The summed E-state index contributed by atoms with van der Waals surface area (Å²) in [7, 11) is 0. The highest BCUT2D eigenvalue weighted by Gasteiger charge is 2.20. The molecule has 2 heterocycles. The fourth-order valence-corrected chi connectivity index (χ4v) is 3.31. The average molecular weight is 336 g/mol. The second-order valence-electron chi connectivity index (χ2n) is 6.36. The van der Waals surface area contributed by atoms with Gasteiger partial charge in [0.1, 0.15) is 0 Å². The topological polar surface area (TPSA) is 81.2 Å². The molecule has 3 aromatic rings. The lowest BCUT2D eigenvalue weighted by Crippen LogP contribution is -2.39. The highest BCUT2D eigenvalue weighted by molar-refractivity contribution is 5.88. The number of benzene rings is 2. The minimum Gasteiger partial charge on any atom is -0.478 e. The van der Waals surface area contributed by atoms with Crippen molar-refractivity contribution >= 4 is 28.6 Å². The number of nitrogens with zero attached hydrogens (tertiary/aromatic N) is 2. The van der Waals surface area contributed by atoms with E-state index in [4.69, 9.17) is 5.11 Å². The number of fused-ring (bicyclic) bond motifs is 1. The Bertz CT molecular complexity index is 847. The van der Waals surface area contributed by atoms with Crippen molar-refractivity contribution in [1.29, 1.82) is 0 Å². The molecule has 1 aliphatic rings. The number of anilines is 2. The SMILES string of the molecule is O=C(O)c1ccc(N2CCC(Nc3nc4ccccc4[nH]3)CC2)cc1. The van der Waals surface area contributed by atoms with Gasteiger partial charge in [-0.2, -0.15) is 0 Å². The molecule has 1 fully saturated rings. The van der Waals surface area contributed by atoms with Crippen molar-refractivity contribution in [2.45, 2.75) is 18.9 Å². The maximum Gasteiger partial charge on any atom is 0.335 e. The van der Waals surface area contributed by atoms with Gasteiger partial charge in [-0.3, -0.25) is 0 Å². The van der Waals surface area contributed by atoms with Crippen molar-refractivity contribution in [3.63, 3.8) is 0 Å². The van der Waals surface area contributed by atoms with Crippen LogP contribution < -0.4 is 10.2 Å². The van der Waals surface area contributed by atoms with E-state index in [0.29, 0.717) is 11.6 Å². The first-order valence-electron chi connectivity index (χ1n) is 8.48. The summed E-state index contributed by atoms with van der Waals surface area (Å²) in [6.45, 7) is 1.87. The maximum atomic E-state index is 10.9. The molecule has 25 heavy (non-hydrogen) atoms. The summed E-state index contributed by atoms with van der Waals surface area (Å²) in [4.78, 5) is 21.1. The van der Waals surface area contributed by atoms with Crippen molar-refractivity contribution < 1.29 is 9.90 Å². The molecule has 0 atom stereocenters. The third-order valence-electron chi connectivity index (χ3n) is 4.70. The van der Waals surface area contributed by atoms with Crippen LogP contribution in [0.1, 0.15) is 23.2 Å². The highest BCUT2D eigenvalue weighted by Crippen LogP contribution is 2.23. The Morgan fingerprint density at radius 3 is 2.52 bits per heavy atom. The second kappa shape index (κ2) is 6.47. The van der Waals surface area contributed by atoms with Gasteiger partial charge in [-0.15, -0.1) is 0 Å². The van der Waals surface area contributed by atoms with Crippen LogP contribution in [-0.2, 0) is 0 Å². The number of piperidine rings is 1. The molecule has 6 heteroatoms. The molecule has 0 bridgehead atoms. The third-order valence-corrected chi connectivity index (χ3v) is 4.70. The normalized spacial score (nSPS) is 15.4. The first kappa shape index (κ1) is 15.5. The summed E-state index contributed by atoms with van der Waals surface area (Å²) in [5.41, 5.74) is 3.42. The van der Waals surface area contributed by atoms with Crippen LogP contribution in [0.2, 0.25) is 0 Å². The molecule has 128 valence electrons. The van der Waals surface area contributed by atoms with Gasteiger partial charge in [-0.05, 0) is 49.2 Å². The van der Waals surface area contributed by atoms with Crippen LogP contribution in [0.4, 0.5) is 11.6 Å². The third kappa shape index (κ3) is 3.28. The molecule has 0 unspecified atom stereocenters. The predicted octanol–water partition coefficient (Wildman–Crippen LogP) is 3.34. The molecule has 0 amide bonds. The number of imidazole rings is 1. The minimum atomic E-state index is -0.889. The Labute approximate surface area is 145 Å². The highest BCUT2D eigenvalue weighted by atomic mass is 16.4. The quantitative estimate of drug-likeness (QED) is 0.681. The largest absolute Gasteiger partial charge is 0.478 e. The molecule has 3 N–H and O–H groups in total. The lowest BCUT2D eigenvalue weighted by molar-refractivity contribution is 0.0697. The van der Waals surface area contributed by atoms with E-state index >= 15 is 0 Å². The molecule has 4 rings (SSSR count). The lowest BCUT2D eigenvalue weighted by atomic mass is 10.0. The van der Waals surface area contributed by atoms with Crippen LogP contribution in [0, 0.1) is 0 Å². The Morgan fingerprint density at radius 2 is 1.84 bits per heavy atom. The molecule has 6 nitrogen and oxygen atoms in total. The number of aromatic amines is 1. The van der Waals surface area contributed by atoms with E-state index in [9.17, 15) is 4.79 Å². The molecule has 0 spiro atoms. The molecule has 0 aliphatic carbocycles. The van der Waals surface area contributed by atoms with Crippen LogP contribution >= 0.6 is 0 Å². The number of H-pyrrole nitrogens is 1. The van der Waals surface area contributed by atoms with Gasteiger partial charge in [0, 0.05) is 24.8 Å². The average Bonchev–Trinajstić information content (AvgIpc) is 3.05. The Balaban J connectivity index is 1.37. The van der Waals surface area contributed by atoms with E-state index in [0.717, 1.165) is 48.6 Å². The molecular weight excluding hydrogens is 316 g/mol. The predicted molar refractivity (Wildman–Crippen MR) is 98.4 cm³/mol. The molecule has 0 saturated carbocycles. The maximum absolute atomic E-state index is 10.9. The lowest BCUT2D eigenvalue weighted by Gasteiger charge is -2.34. The molecule has 1 saturated heterocycles. The molecule has 0 radical (unpaired) electrons. The smallest absolute Gasteiger partial charge is 0.335 e. The molecular formula is C19H20N4O2. The Morgan fingerprint density at radius 1 is 1.12 bits per heavy atom. The van der Waals surface area contributed by atoms with Gasteiger partial charge >= 0.3 is 5.97 Å². The summed E-state index contributed by atoms with van der Waals surface area (Å²) in [5.74, 6) is -0.0641. The minimum absolute atomic E-state index is 0.324. The van der Waals surface area contributed by atoms with Gasteiger partial charge in [0.2, 0.25) is 5.95 Å². The number of nitrogens with one attached hydrogen (secondary N) is 2. The molecule has 2 aromatic carbocycles. The summed E-state index contributed by atoms with van der Waals surface area (Å²) >= 11 is 0. The zero-order valence-electron chi connectivity index (χ0n) is 13.8. The standard InChI is InChI=1S/C19H20N4O2/c24-18(25)13-5-7-15(8-6-13)23-11-9-14(10-12-23)20-19-21-16-3-1-2-4-17(16)22-19/h1-8,14H,9-12H2,(H,24,25)(H2,20,21,22). The monoisotopic (exact) mass is 336 g/mol. The first-order chi connectivity index (χ1) is 12.2. The Hall–Kier alpha value is -3.02. The fourth-order valence-electron chi connectivity index (χ4n) is 3.31. The van der Waals surface area contributed by atoms with Crippen molar-refractivity contribution in [2.24, 2.45) is 0 Å². The number of rotatable bonds is 4. The van der Waals surface area contributed by atoms with Crippen LogP contribution in [0.25, 0.3) is 11.0 Å². The number of aromatic carboxylic acids is 1. The van der Waals surface area contributed by atoms with E-state index in [1.807, 2.05) is 36.4 Å². The van der Waals surface area contributed by atoms with Crippen LogP contribution in [-0.4, -0.2) is 40.2 Å². The second-order valence-corrected chi connectivity index (χ2v) is 6.36. The number of aromatic nitrogens is 2. The van der Waals surface area contributed by atoms with Crippen molar-refractivity contribution in [2.75, 3.05) is 23.3 Å². The summed E-state index contributed by atoms with van der Waals surface area (Å²) < 4.78 is 0. The number of carboxylic acids is 1. The van der Waals surface area contributed by atoms with Crippen molar-refractivity contribution in [3.05, 3.63) is 54.1 Å². The van der Waals surface area contributed by atoms with Crippen LogP contribution in [0.3, 0.4) is 0 Å². The van der Waals surface area contributed by atoms with Crippen molar-refractivity contribution in [1.82, 2.24) is 9.97 Å². The van der Waals surface area contributed by atoms with Gasteiger partial charge < -0.3 is 20.3 Å². The van der Waals surface area contributed by atoms with Gasteiger partial charge in [0.25, 0.3) is 0 Å². The summed E-state index contributed by atoms with van der Waals surface area (Å²) in [6.07, 6.45) is 2.02. The van der Waals surface area contributed by atoms with E-state index < -0.39 is 5.97 Å². The number of hydrogen-bond acceptors (Lipinski definition) is 4. The number of para-hydroxylation sites is 2. The van der Waals surface area contributed by atoms with Crippen LogP contribution in [0.15, 0.2) is 48.5 Å². The van der Waals surface area contributed by atoms with E-state index in [1.54, 1.807) is 12.1 Å². The summed E-state index contributed by atoms with van der Waals surface area (Å²) in [6, 6.07) is 15.5. The summed E-state index contributed by atoms with van der Waals surface area (Å²) in [5, 5.41) is 12.5. The zero-order chi connectivity index (χ0) is 17.2. The number of carboxylic acid groups (broad SMARTS) is 1. The zero-order valence-corrected chi connectivity index (χ0v) is 13.8. The van der Waals surface area contributed by atoms with E-state index in [1.165, 1.54) is 0 Å².